The molecule has 4 nitrogen and oxygen atoms in total. The number of esters is 1. The van der Waals surface area contributed by atoms with Crippen LogP contribution in [0.25, 0.3) is 0 Å². The van der Waals surface area contributed by atoms with Crippen molar-refractivity contribution in [2.24, 2.45) is 5.92 Å². The van der Waals surface area contributed by atoms with E-state index in [1.54, 1.807) is 0 Å². The zero-order valence-electron chi connectivity index (χ0n) is 6.83. The third kappa shape index (κ3) is 4.78. The van der Waals surface area contributed by atoms with Crippen LogP contribution in [0.1, 0.15) is 6.92 Å². The van der Waals surface area contributed by atoms with Crippen molar-refractivity contribution in [3.05, 3.63) is 0 Å². The Morgan fingerprint density at radius 3 is 2.27 bits per heavy atom. The molecular weight excluding hydrogens is 168 g/mol. The lowest BCUT2D eigenvalue weighted by atomic mass is 10.2. The predicted octanol–water partition coefficient (Wildman–Crippen LogP) is -0.160. The highest BCUT2D eigenvalue weighted by Gasteiger charge is 2.18. The molecule has 5 heteroatoms. The summed E-state index contributed by atoms with van der Waals surface area (Å²) in [5.41, 5.74) is 0. The van der Waals surface area contributed by atoms with E-state index in [1.807, 2.05) is 0 Å². The first-order chi connectivity index (χ1) is 4.87. The molecule has 0 aromatic rings. The number of hydrogen-bond donors (Lipinski definition) is 0. The smallest absolute Gasteiger partial charge is 0.309 e. The van der Waals surface area contributed by atoms with Crippen LogP contribution in [0.2, 0.25) is 0 Å². The number of rotatable bonds is 3. The Morgan fingerprint density at radius 2 is 2.00 bits per heavy atom. The number of hydrogen-bond acceptors (Lipinski definition) is 4. The first-order valence-corrected chi connectivity index (χ1v) is 5.18. The van der Waals surface area contributed by atoms with Crippen molar-refractivity contribution in [3.8, 4) is 0 Å². The Hall–Kier alpha value is -0.580. The van der Waals surface area contributed by atoms with Crippen molar-refractivity contribution in [2.45, 2.75) is 6.92 Å². The van der Waals surface area contributed by atoms with E-state index in [0.29, 0.717) is 0 Å². The highest BCUT2D eigenvalue weighted by atomic mass is 32.2. The molecule has 0 heterocycles. The second kappa shape index (κ2) is 3.71. The number of carbonyl (C=O) groups is 1. The molecule has 0 amide bonds. The molecule has 0 saturated heterocycles. The molecule has 0 radical (unpaired) electrons. The van der Waals surface area contributed by atoms with Gasteiger partial charge in [0.15, 0.2) is 0 Å². The van der Waals surface area contributed by atoms with Crippen LogP contribution >= 0.6 is 0 Å². The number of sulfone groups is 1. The molecule has 0 aliphatic carbocycles. The molecule has 0 aliphatic rings. The Labute approximate surface area is 66.5 Å². The van der Waals surface area contributed by atoms with Crippen molar-refractivity contribution in [2.75, 3.05) is 19.1 Å². The number of methoxy groups -OCH3 is 1. The van der Waals surface area contributed by atoms with Gasteiger partial charge in [-0.3, -0.25) is 4.79 Å². The standard InChI is InChI=1S/C6H12O4S/c1-5(6(7)10-2)4-11(3,8)9/h5H,4H2,1-3H3/t5-/m0/s1. The van der Waals surface area contributed by atoms with Gasteiger partial charge in [-0.1, -0.05) is 6.92 Å². The maximum Gasteiger partial charge on any atom is 0.309 e. The van der Waals surface area contributed by atoms with Gasteiger partial charge in [0.25, 0.3) is 0 Å². The van der Waals surface area contributed by atoms with Crippen molar-refractivity contribution < 1.29 is 17.9 Å². The van der Waals surface area contributed by atoms with Gasteiger partial charge < -0.3 is 4.74 Å². The van der Waals surface area contributed by atoms with Crippen LogP contribution in [0.5, 0.6) is 0 Å². The Bertz CT molecular complexity index is 229. The minimum absolute atomic E-state index is 0.153. The fraction of sp³-hybridized carbons (Fsp3) is 0.833. The molecule has 0 unspecified atom stereocenters. The van der Waals surface area contributed by atoms with Gasteiger partial charge in [-0.05, 0) is 0 Å². The van der Waals surface area contributed by atoms with Gasteiger partial charge >= 0.3 is 5.97 Å². The second-order valence-electron chi connectivity index (χ2n) is 2.52. The summed E-state index contributed by atoms with van der Waals surface area (Å²) in [5, 5.41) is 0. The second-order valence-corrected chi connectivity index (χ2v) is 4.70. The van der Waals surface area contributed by atoms with Gasteiger partial charge in [0, 0.05) is 6.26 Å². The third-order valence-corrected chi connectivity index (χ3v) is 2.26. The lowest BCUT2D eigenvalue weighted by molar-refractivity contribution is -0.144. The first-order valence-electron chi connectivity index (χ1n) is 3.12. The maximum absolute atomic E-state index is 10.7. The summed E-state index contributed by atoms with van der Waals surface area (Å²) in [6, 6.07) is 0. The van der Waals surface area contributed by atoms with Crippen LogP contribution < -0.4 is 0 Å². The molecule has 0 aliphatic heterocycles. The molecule has 0 saturated carbocycles. The lowest BCUT2D eigenvalue weighted by Gasteiger charge is -2.05. The Morgan fingerprint density at radius 1 is 1.55 bits per heavy atom. The highest BCUT2D eigenvalue weighted by molar-refractivity contribution is 7.90. The molecule has 0 rings (SSSR count). The van der Waals surface area contributed by atoms with E-state index < -0.39 is 21.7 Å². The van der Waals surface area contributed by atoms with Gasteiger partial charge in [0.2, 0.25) is 0 Å². The number of ether oxygens (including phenoxy) is 1. The van der Waals surface area contributed by atoms with Crippen LogP contribution in [0, 0.1) is 5.92 Å². The van der Waals surface area contributed by atoms with Crippen molar-refractivity contribution in [3.63, 3.8) is 0 Å². The fourth-order valence-corrected chi connectivity index (χ4v) is 1.77. The average Bonchev–Trinajstić information content (AvgIpc) is 1.82. The van der Waals surface area contributed by atoms with Crippen LogP contribution in [0.3, 0.4) is 0 Å². The average molecular weight is 180 g/mol. The normalized spacial score (nSPS) is 14.1. The fourth-order valence-electron chi connectivity index (χ4n) is 0.723. The number of carbonyl (C=O) groups excluding carboxylic acids is 1. The maximum atomic E-state index is 10.7. The summed E-state index contributed by atoms with van der Waals surface area (Å²) >= 11 is 0. The van der Waals surface area contributed by atoms with E-state index in [-0.39, 0.29) is 5.75 Å². The van der Waals surface area contributed by atoms with E-state index in [2.05, 4.69) is 4.74 Å². The van der Waals surface area contributed by atoms with E-state index in [0.717, 1.165) is 6.26 Å². The zero-order valence-corrected chi connectivity index (χ0v) is 7.64. The summed E-state index contributed by atoms with van der Waals surface area (Å²) in [5.74, 6) is -1.22. The largest absolute Gasteiger partial charge is 0.469 e. The predicted molar refractivity (Wildman–Crippen MR) is 40.9 cm³/mol. The Kier molecular flexibility index (Phi) is 3.51. The summed E-state index contributed by atoms with van der Waals surface area (Å²) in [4.78, 5) is 10.7. The minimum atomic E-state index is -3.08. The van der Waals surface area contributed by atoms with E-state index in [1.165, 1.54) is 14.0 Å². The van der Waals surface area contributed by atoms with Crippen LogP contribution in [-0.2, 0) is 19.4 Å². The highest BCUT2D eigenvalue weighted by Crippen LogP contribution is 2.01. The topological polar surface area (TPSA) is 60.4 Å². The van der Waals surface area contributed by atoms with Gasteiger partial charge in [-0.2, -0.15) is 0 Å². The SMILES string of the molecule is COC(=O)[C@@H](C)CS(C)(=O)=O. The zero-order chi connectivity index (χ0) is 9.07. The minimum Gasteiger partial charge on any atom is -0.469 e. The lowest BCUT2D eigenvalue weighted by Crippen LogP contribution is -2.21. The van der Waals surface area contributed by atoms with Crippen LogP contribution in [0.4, 0.5) is 0 Å². The molecule has 0 fully saturated rings. The Balaban J connectivity index is 4.09. The van der Waals surface area contributed by atoms with E-state index >= 15 is 0 Å². The monoisotopic (exact) mass is 180 g/mol. The summed E-state index contributed by atoms with van der Waals surface area (Å²) < 4.78 is 25.7. The molecule has 11 heavy (non-hydrogen) atoms. The van der Waals surface area contributed by atoms with Gasteiger partial charge in [0.05, 0.1) is 18.8 Å². The van der Waals surface area contributed by atoms with Crippen LogP contribution in [-0.4, -0.2) is 33.5 Å². The van der Waals surface area contributed by atoms with Crippen molar-refractivity contribution in [1.29, 1.82) is 0 Å². The molecule has 0 aromatic carbocycles. The van der Waals surface area contributed by atoms with Crippen molar-refractivity contribution in [1.82, 2.24) is 0 Å². The molecular formula is C6H12O4S. The van der Waals surface area contributed by atoms with E-state index in [4.69, 9.17) is 0 Å². The van der Waals surface area contributed by atoms with E-state index in [9.17, 15) is 13.2 Å². The summed E-state index contributed by atoms with van der Waals surface area (Å²) in [7, 11) is -1.84. The molecule has 0 bridgehead atoms. The molecule has 66 valence electrons. The van der Waals surface area contributed by atoms with Gasteiger partial charge in [0.1, 0.15) is 9.84 Å². The molecule has 0 N–H and O–H groups in total. The molecule has 0 aromatic heterocycles. The quantitative estimate of drug-likeness (QED) is 0.566. The van der Waals surface area contributed by atoms with Gasteiger partial charge in [-0.25, -0.2) is 8.42 Å². The summed E-state index contributed by atoms with van der Waals surface area (Å²) in [6.07, 6.45) is 1.09. The van der Waals surface area contributed by atoms with Gasteiger partial charge in [-0.15, -0.1) is 0 Å². The van der Waals surface area contributed by atoms with Crippen LogP contribution in [0.15, 0.2) is 0 Å². The van der Waals surface area contributed by atoms with Crippen molar-refractivity contribution >= 4 is 15.8 Å². The first kappa shape index (κ1) is 10.4. The molecule has 0 spiro atoms. The third-order valence-electron chi connectivity index (χ3n) is 1.16. The summed E-state index contributed by atoms with van der Waals surface area (Å²) in [6.45, 7) is 1.52. The molecule has 1 atom stereocenters.